The van der Waals surface area contributed by atoms with Gasteiger partial charge in [0.25, 0.3) is 0 Å². The van der Waals surface area contributed by atoms with Crippen molar-refractivity contribution >= 4 is 32.6 Å². The van der Waals surface area contributed by atoms with Crippen molar-refractivity contribution in [2.24, 2.45) is 0 Å². The molecule has 1 aliphatic carbocycles. The highest BCUT2D eigenvalue weighted by Crippen LogP contribution is 2.62. The van der Waals surface area contributed by atoms with Gasteiger partial charge in [-0.2, -0.15) is 0 Å². The normalized spacial score (nSPS) is 13.2. The summed E-state index contributed by atoms with van der Waals surface area (Å²) in [6.07, 6.45) is 0. The van der Waals surface area contributed by atoms with E-state index in [2.05, 4.69) is 150 Å². The van der Waals surface area contributed by atoms with Gasteiger partial charge in [-0.15, -0.1) is 0 Å². The molecular formula is C56H34N4O. The molecule has 61 heavy (non-hydrogen) atoms. The molecule has 5 nitrogen and oxygen atoms in total. The van der Waals surface area contributed by atoms with Crippen LogP contribution in [0.3, 0.4) is 0 Å². The molecule has 0 N–H and O–H groups in total. The van der Waals surface area contributed by atoms with Gasteiger partial charge in [-0.3, -0.25) is 0 Å². The average molecular weight is 779 g/mol. The predicted molar refractivity (Wildman–Crippen MR) is 245 cm³/mol. The van der Waals surface area contributed by atoms with Gasteiger partial charge in [0, 0.05) is 44.3 Å². The Balaban J connectivity index is 1.10. The van der Waals surface area contributed by atoms with Crippen LogP contribution in [0.15, 0.2) is 206 Å². The van der Waals surface area contributed by atoms with E-state index in [0.29, 0.717) is 17.5 Å². The van der Waals surface area contributed by atoms with Gasteiger partial charge in [-0.1, -0.05) is 170 Å². The van der Waals surface area contributed by atoms with Crippen LogP contribution >= 0.6 is 0 Å². The number of rotatable bonds is 4. The number of nitrogens with zero attached hydrogens (tertiary/aromatic N) is 4. The molecule has 0 fully saturated rings. The van der Waals surface area contributed by atoms with Crippen LogP contribution in [0.25, 0.3) is 83.6 Å². The second-order valence-corrected chi connectivity index (χ2v) is 15.9. The number of aromatic nitrogens is 4. The van der Waals surface area contributed by atoms with Gasteiger partial charge in [0.15, 0.2) is 17.5 Å². The first-order valence-electron chi connectivity index (χ1n) is 20.7. The lowest BCUT2D eigenvalue weighted by molar-refractivity contribution is 0.437. The zero-order chi connectivity index (χ0) is 40.1. The van der Waals surface area contributed by atoms with E-state index in [-0.39, 0.29) is 0 Å². The van der Waals surface area contributed by atoms with Gasteiger partial charge < -0.3 is 9.30 Å². The first-order valence-corrected chi connectivity index (χ1v) is 20.7. The standard InChI is InChI=1S/C56H34N4O/c1-3-17-36(18-4-1)53-57-54(37-19-5-2-6-20-37)59-55(58-53)38-21-15-22-39(32-38)60-48-31-30-35-16-7-8-23-40(35)52(48)43-33-51-47(34-49(43)60)56(46-28-13-14-29-50(46)61-51)44-26-11-9-24-41(44)42-25-10-12-27-45(42)56/h1-34H. The van der Waals surface area contributed by atoms with Crippen molar-refractivity contribution in [1.82, 2.24) is 19.5 Å². The topological polar surface area (TPSA) is 52.8 Å². The molecule has 13 rings (SSSR count). The monoisotopic (exact) mass is 778 g/mol. The summed E-state index contributed by atoms with van der Waals surface area (Å²) in [5.74, 6) is 3.62. The minimum atomic E-state index is -0.594. The first-order chi connectivity index (χ1) is 30.2. The van der Waals surface area contributed by atoms with Crippen LogP contribution in [-0.2, 0) is 5.41 Å². The fourth-order valence-electron chi connectivity index (χ4n) is 10.1. The largest absolute Gasteiger partial charge is 0.457 e. The molecule has 0 bridgehead atoms. The second kappa shape index (κ2) is 12.9. The lowest BCUT2D eigenvalue weighted by Crippen LogP contribution is -2.32. The summed E-state index contributed by atoms with van der Waals surface area (Å²) in [6, 6.07) is 73.1. The third-order valence-corrected chi connectivity index (χ3v) is 12.7. The van der Waals surface area contributed by atoms with E-state index in [0.717, 1.165) is 61.4 Å². The molecule has 1 aliphatic heterocycles. The van der Waals surface area contributed by atoms with Crippen molar-refractivity contribution in [3.63, 3.8) is 0 Å². The number of benzene rings is 9. The van der Waals surface area contributed by atoms with Gasteiger partial charge >= 0.3 is 0 Å². The molecule has 2 aliphatic rings. The molecule has 0 unspecified atom stereocenters. The Bertz CT molecular complexity index is 3470. The van der Waals surface area contributed by atoms with Gasteiger partial charge in [0.05, 0.1) is 16.4 Å². The van der Waals surface area contributed by atoms with Crippen LogP contribution in [0.5, 0.6) is 11.5 Å². The summed E-state index contributed by atoms with van der Waals surface area (Å²) < 4.78 is 9.43. The van der Waals surface area contributed by atoms with Crippen LogP contribution < -0.4 is 4.74 Å². The number of fused-ring (bicyclic) bond motifs is 14. The summed E-state index contributed by atoms with van der Waals surface area (Å²) in [5, 5.41) is 4.69. The Kier molecular flexibility index (Phi) is 7.16. The molecule has 9 aromatic carbocycles. The van der Waals surface area contributed by atoms with Crippen molar-refractivity contribution in [3.8, 4) is 62.5 Å². The van der Waals surface area contributed by atoms with Gasteiger partial charge in [-0.05, 0) is 69.4 Å². The Hall–Kier alpha value is -8.15. The summed E-state index contributed by atoms with van der Waals surface area (Å²) in [6.45, 7) is 0. The van der Waals surface area contributed by atoms with Gasteiger partial charge in [-0.25, -0.2) is 15.0 Å². The quantitative estimate of drug-likeness (QED) is 0.179. The van der Waals surface area contributed by atoms with Crippen molar-refractivity contribution < 1.29 is 4.74 Å². The SMILES string of the molecule is c1ccc(-c2nc(-c3ccccc3)nc(-c3cccc(-n4c5cc6c(cc5c5c7ccccc7ccc54)Oc4ccccc4C64c5ccccc5-c5ccccc54)c3)n2)cc1. The van der Waals surface area contributed by atoms with E-state index in [4.69, 9.17) is 19.7 Å². The minimum absolute atomic E-state index is 0.594. The lowest BCUT2D eigenvalue weighted by atomic mass is 9.66. The minimum Gasteiger partial charge on any atom is -0.457 e. The molecule has 284 valence electrons. The highest BCUT2D eigenvalue weighted by Gasteiger charge is 2.51. The number of hydrogen-bond acceptors (Lipinski definition) is 4. The fourth-order valence-corrected chi connectivity index (χ4v) is 10.1. The van der Waals surface area contributed by atoms with Crippen molar-refractivity contribution in [2.45, 2.75) is 5.41 Å². The molecule has 2 aromatic heterocycles. The first kappa shape index (κ1) is 33.8. The summed E-state index contributed by atoms with van der Waals surface area (Å²) in [7, 11) is 0. The third kappa shape index (κ3) is 4.86. The summed E-state index contributed by atoms with van der Waals surface area (Å²) in [4.78, 5) is 15.2. The summed E-state index contributed by atoms with van der Waals surface area (Å²) in [5.41, 5.74) is 12.7. The van der Waals surface area contributed by atoms with E-state index in [1.165, 1.54) is 38.4 Å². The van der Waals surface area contributed by atoms with E-state index in [9.17, 15) is 0 Å². The molecular weight excluding hydrogens is 745 g/mol. The zero-order valence-electron chi connectivity index (χ0n) is 32.8. The van der Waals surface area contributed by atoms with Crippen LogP contribution in [0.2, 0.25) is 0 Å². The highest BCUT2D eigenvalue weighted by molar-refractivity contribution is 6.22. The molecule has 11 aromatic rings. The zero-order valence-corrected chi connectivity index (χ0v) is 32.8. The highest BCUT2D eigenvalue weighted by atomic mass is 16.5. The Labute approximate surface area is 351 Å². The Morgan fingerprint density at radius 1 is 0.377 bits per heavy atom. The van der Waals surface area contributed by atoms with E-state index in [1.807, 2.05) is 60.7 Å². The maximum absolute atomic E-state index is 7.02. The molecule has 3 heterocycles. The van der Waals surface area contributed by atoms with Crippen LogP contribution in [0.4, 0.5) is 0 Å². The molecule has 0 saturated carbocycles. The Morgan fingerprint density at radius 3 is 1.66 bits per heavy atom. The lowest BCUT2D eigenvalue weighted by Gasteiger charge is -2.39. The van der Waals surface area contributed by atoms with Crippen molar-refractivity contribution in [2.75, 3.05) is 0 Å². The Morgan fingerprint density at radius 2 is 0.951 bits per heavy atom. The van der Waals surface area contributed by atoms with Crippen LogP contribution in [-0.4, -0.2) is 19.5 Å². The van der Waals surface area contributed by atoms with Crippen LogP contribution in [0.1, 0.15) is 22.3 Å². The molecule has 5 heteroatoms. The molecule has 0 saturated heterocycles. The molecule has 0 radical (unpaired) electrons. The molecule has 0 atom stereocenters. The molecule has 1 spiro atoms. The fraction of sp³-hybridized carbons (Fsp3) is 0.0179. The smallest absolute Gasteiger partial charge is 0.164 e. The third-order valence-electron chi connectivity index (χ3n) is 12.7. The maximum Gasteiger partial charge on any atom is 0.164 e. The van der Waals surface area contributed by atoms with Crippen LogP contribution in [0, 0.1) is 0 Å². The van der Waals surface area contributed by atoms with Crippen molar-refractivity contribution in [1.29, 1.82) is 0 Å². The van der Waals surface area contributed by atoms with E-state index < -0.39 is 5.41 Å². The number of para-hydroxylation sites is 1. The maximum atomic E-state index is 7.02. The van der Waals surface area contributed by atoms with E-state index >= 15 is 0 Å². The van der Waals surface area contributed by atoms with Gasteiger partial charge in [0.2, 0.25) is 0 Å². The second-order valence-electron chi connectivity index (χ2n) is 15.9. The van der Waals surface area contributed by atoms with Crippen molar-refractivity contribution in [3.05, 3.63) is 229 Å². The average Bonchev–Trinajstić information content (AvgIpc) is 3.82. The number of hydrogen-bond donors (Lipinski definition) is 0. The molecule has 0 amide bonds. The number of ether oxygens (including phenoxy) is 1. The van der Waals surface area contributed by atoms with Gasteiger partial charge in [0.1, 0.15) is 11.5 Å². The summed E-state index contributed by atoms with van der Waals surface area (Å²) >= 11 is 0. The predicted octanol–water partition coefficient (Wildman–Crippen LogP) is 13.6. The van der Waals surface area contributed by atoms with E-state index in [1.54, 1.807) is 0 Å².